The molecule has 3 aromatic rings. The zero-order valence-corrected chi connectivity index (χ0v) is 15.8. The molecule has 1 fully saturated rings. The molecule has 0 unspecified atom stereocenters. The number of halogens is 3. The number of piperidine rings is 1. The van der Waals surface area contributed by atoms with Crippen LogP contribution in [0.15, 0.2) is 30.3 Å². The fourth-order valence-electron chi connectivity index (χ4n) is 3.74. The Hall–Kier alpha value is -3.30. The second kappa shape index (κ2) is 6.89. The number of alkyl halides is 3. The van der Waals surface area contributed by atoms with Crippen LogP contribution in [-0.4, -0.2) is 45.3 Å². The minimum atomic E-state index is -4.68. The van der Waals surface area contributed by atoms with Crippen molar-refractivity contribution < 1.29 is 27.4 Å². The maximum absolute atomic E-state index is 13.8. The summed E-state index contributed by atoms with van der Waals surface area (Å²) >= 11 is 0. The van der Waals surface area contributed by atoms with Gasteiger partial charge < -0.3 is 14.4 Å². The quantitative estimate of drug-likeness (QED) is 0.634. The Kier molecular flexibility index (Phi) is 4.30. The minimum absolute atomic E-state index is 0.0437. The zero-order chi connectivity index (χ0) is 20.9. The van der Waals surface area contributed by atoms with E-state index in [0.717, 1.165) is 25.3 Å². The van der Waals surface area contributed by atoms with Crippen LogP contribution in [0.2, 0.25) is 0 Å². The van der Waals surface area contributed by atoms with Crippen molar-refractivity contribution in [1.29, 1.82) is 0 Å². The number of nitrogens with zero attached hydrogens (tertiary/aromatic N) is 4. The number of benzene rings is 1. The van der Waals surface area contributed by atoms with Crippen LogP contribution in [0.4, 0.5) is 13.2 Å². The van der Waals surface area contributed by atoms with Gasteiger partial charge in [0.25, 0.3) is 5.91 Å². The van der Waals surface area contributed by atoms with Crippen LogP contribution in [0.1, 0.15) is 35.4 Å². The first kappa shape index (κ1) is 18.7. The average molecular weight is 418 g/mol. The third-order valence-corrected chi connectivity index (χ3v) is 5.25. The molecule has 0 N–H and O–H groups in total. The summed E-state index contributed by atoms with van der Waals surface area (Å²) in [6, 6.07) is 7.05. The molecule has 2 aliphatic rings. The number of hydrogen-bond acceptors (Lipinski definition) is 5. The molecular formula is C20H17F3N4O3. The fourth-order valence-corrected chi connectivity index (χ4v) is 3.74. The van der Waals surface area contributed by atoms with E-state index >= 15 is 0 Å². The van der Waals surface area contributed by atoms with Crippen LogP contribution in [0.25, 0.3) is 16.9 Å². The van der Waals surface area contributed by atoms with E-state index in [0.29, 0.717) is 34.7 Å². The summed E-state index contributed by atoms with van der Waals surface area (Å²) in [5.74, 6) is 0.588. The van der Waals surface area contributed by atoms with Gasteiger partial charge in [-0.15, -0.1) is 0 Å². The fraction of sp³-hybridized carbons (Fsp3) is 0.350. The molecule has 2 aromatic heterocycles. The highest BCUT2D eigenvalue weighted by Crippen LogP contribution is 2.37. The van der Waals surface area contributed by atoms with Gasteiger partial charge in [-0.2, -0.15) is 18.3 Å². The summed E-state index contributed by atoms with van der Waals surface area (Å²) in [7, 11) is 0. The third-order valence-electron chi connectivity index (χ3n) is 5.25. The highest BCUT2D eigenvalue weighted by molar-refractivity contribution is 5.93. The van der Waals surface area contributed by atoms with Crippen molar-refractivity contribution in [3.05, 3.63) is 41.7 Å². The number of hydrogen-bond donors (Lipinski definition) is 0. The lowest BCUT2D eigenvalue weighted by atomic mass is 10.1. The predicted octanol–water partition coefficient (Wildman–Crippen LogP) is 3.77. The van der Waals surface area contributed by atoms with Crippen LogP contribution < -0.4 is 9.47 Å². The number of fused-ring (bicyclic) bond motifs is 2. The highest BCUT2D eigenvalue weighted by atomic mass is 19.4. The summed E-state index contributed by atoms with van der Waals surface area (Å²) in [4.78, 5) is 18.7. The molecule has 2 aliphatic heterocycles. The standard InChI is InChI=1S/C20H17F3N4O3/c21-20(22,23)17-9-13(12-4-5-15-16(8-12)30-11-29-15)24-18-10-14(25-27(17)18)19(28)26-6-2-1-3-7-26/h4-5,8-10H,1-3,6-7,11H2. The number of rotatable bonds is 2. The van der Waals surface area contributed by atoms with E-state index in [1.54, 1.807) is 23.1 Å². The number of aromatic nitrogens is 3. The molecule has 0 bridgehead atoms. The van der Waals surface area contributed by atoms with Crippen LogP contribution in [-0.2, 0) is 6.18 Å². The Labute approximate surface area is 169 Å². The summed E-state index contributed by atoms with van der Waals surface area (Å²) in [6.07, 6.45) is -1.89. The molecule has 1 amide bonds. The first-order chi connectivity index (χ1) is 14.4. The first-order valence-corrected chi connectivity index (χ1v) is 9.57. The van der Waals surface area contributed by atoms with E-state index in [1.165, 1.54) is 6.07 Å². The Morgan fingerprint density at radius 2 is 1.77 bits per heavy atom. The van der Waals surface area contributed by atoms with Crippen LogP contribution in [0.5, 0.6) is 11.5 Å². The van der Waals surface area contributed by atoms with Crippen molar-refractivity contribution in [3.8, 4) is 22.8 Å². The van der Waals surface area contributed by atoms with Crippen LogP contribution in [0, 0.1) is 0 Å². The van der Waals surface area contributed by atoms with Crippen molar-refractivity contribution in [2.45, 2.75) is 25.4 Å². The van der Waals surface area contributed by atoms with E-state index in [-0.39, 0.29) is 29.7 Å². The normalized spacial score (nSPS) is 16.3. The molecule has 0 atom stereocenters. The molecule has 10 heteroatoms. The van der Waals surface area contributed by atoms with Crippen LogP contribution in [0.3, 0.4) is 0 Å². The molecule has 1 aromatic carbocycles. The second-order valence-corrected chi connectivity index (χ2v) is 7.24. The van der Waals surface area contributed by atoms with Crippen molar-refractivity contribution in [1.82, 2.24) is 19.5 Å². The Morgan fingerprint density at radius 1 is 1.00 bits per heavy atom. The smallest absolute Gasteiger partial charge is 0.433 e. The number of likely N-dealkylation sites (tertiary alicyclic amines) is 1. The molecule has 0 saturated carbocycles. The van der Waals surface area contributed by atoms with Gasteiger partial charge in [0.2, 0.25) is 6.79 Å². The lowest BCUT2D eigenvalue weighted by Crippen LogP contribution is -2.35. The molecule has 5 rings (SSSR count). The molecular weight excluding hydrogens is 401 g/mol. The summed E-state index contributed by atoms with van der Waals surface area (Å²) in [6.45, 7) is 1.22. The van der Waals surface area contributed by atoms with Gasteiger partial charge in [0, 0.05) is 24.7 Å². The highest BCUT2D eigenvalue weighted by Gasteiger charge is 2.36. The summed E-state index contributed by atoms with van der Waals surface area (Å²) < 4.78 is 52.6. The Morgan fingerprint density at radius 3 is 2.53 bits per heavy atom. The van der Waals surface area contributed by atoms with Gasteiger partial charge in [-0.3, -0.25) is 4.79 Å². The molecule has 156 valence electrons. The zero-order valence-electron chi connectivity index (χ0n) is 15.8. The number of amides is 1. The maximum atomic E-state index is 13.8. The Balaban J connectivity index is 1.60. The van der Waals surface area contributed by atoms with Crippen LogP contribution >= 0.6 is 0 Å². The molecule has 0 radical (unpaired) electrons. The predicted molar refractivity (Wildman–Crippen MR) is 99.3 cm³/mol. The van der Waals surface area contributed by atoms with Gasteiger partial charge in [-0.05, 0) is 43.5 Å². The monoisotopic (exact) mass is 418 g/mol. The SMILES string of the molecule is O=C(c1cc2nc(-c3ccc4c(c3)OCO4)cc(C(F)(F)F)n2n1)N1CCCCC1. The molecule has 4 heterocycles. The van der Waals surface area contributed by atoms with Gasteiger partial charge in [0.05, 0.1) is 5.69 Å². The van der Waals surface area contributed by atoms with Crippen molar-refractivity contribution in [2.24, 2.45) is 0 Å². The summed E-state index contributed by atoms with van der Waals surface area (Å²) in [5, 5.41) is 3.95. The van der Waals surface area contributed by atoms with Crippen molar-refractivity contribution >= 4 is 11.6 Å². The molecule has 0 spiro atoms. The van der Waals surface area contributed by atoms with Crippen molar-refractivity contribution in [2.75, 3.05) is 19.9 Å². The number of carbonyl (C=O) groups is 1. The topological polar surface area (TPSA) is 69.0 Å². The molecule has 30 heavy (non-hydrogen) atoms. The molecule has 7 nitrogen and oxygen atoms in total. The van der Waals surface area contributed by atoms with Crippen molar-refractivity contribution in [3.63, 3.8) is 0 Å². The number of carbonyl (C=O) groups excluding carboxylic acids is 1. The largest absolute Gasteiger partial charge is 0.454 e. The van der Waals surface area contributed by atoms with Gasteiger partial charge in [0.1, 0.15) is 0 Å². The van der Waals surface area contributed by atoms with E-state index in [2.05, 4.69) is 10.1 Å². The Bertz CT molecular complexity index is 1140. The third kappa shape index (κ3) is 3.21. The molecule has 0 aliphatic carbocycles. The lowest BCUT2D eigenvalue weighted by Gasteiger charge is -2.25. The number of ether oxygens (including phenoxy) is 2. The lowest BCUT2D eigenvalue weighted by molar-refractivity contribution is -0.142. The van der Waals surface area contributed by atoms with E-state index < -0.39 is 11.9 Å². The van der Waals surface area contributed by atoms with Gasteiger partial charge in [-0.25, -0.2) is 9.50 Å². The van der Waals surface area contributed by atoms with E-state index in [4.69, 9.17) is 9.47 Å². The second-order valence-electron chi connectivity index (χ2n) is 7.24. The van der Waals surface area contributed by atoms with Gasteiger partial charge in [0.15, 0.2) is 28.5 Å². The van der Waals surface area contributed by atoms with Gasteiger partial charge >= 0.3 is 6.18 Å². The minimum Gasteiger partial charge on any atom is -0.454 e. The average Bonchev–Trinajstić information content (AvgIpc) is 3.38. The van der Waals surface area contributed by atoms with E-state index in [9.17, 15) is 18.0 Å². The summed E-state index contributed by atoms with van der Waals surface area (Å²) in [5.41, 5.74) is -0.546. The van der Waals surface area contributed by atoms with Gasteiger partial charge in [-0.1, -0.05) is 0 Å². The first-order valence-electron chi connectivity index (χ1n) is 9.57. The molecule has 1 saturated heterocycles. The maximum Gasteiger partial charge on any atom is 0.433 e. The van der Waals surface area contributed by atoms with E-state index in [1.807, 2.05) is 0 Å².